The molecule has 0 aromatic heterocycles. The summed E-state index contributed by atoms with van der Waals surface area (Å²) >= 11 is 5.82. The van der Waals surface area contributed by atoms with Crippen LogP contribution in [-0.2, 0) is 4.79 Å². The lowest BCUT2D eigenvalue weighted by Gasteiger charge is -2.11. The number of hydrogen-bond acceptors (Lipinski definition) is 2. The van der Waals surface area contributed by atoms with E-state index >= 15 is 0 Å². The summed E-state index contributed by atoms with van der Waals surface area (Å²) in [5.41, 5.74) is 7.11. The van der Waals surface area contributed by atoms with Crippen LogP contribution in [0.1, 0.15) is 18.4 Å². The van der Waals surface area contributed by atoms with Crippen molar-refractivity contribution in [1.82, 2.24) is 4.90 Å². The second-order valence-corrected chi connectivity index (χ2v) is 4.55. The molecule has 4 heteroatoms. The zero-order chi connectivity index (χ0) is 12.3. The first kappa shape index (κ1) is 12.0. The molecule has 0 aliphatic carbocycles. The molecule has 1 aromatic rings. The van der Waals surface area contributed by atoms with Gasteiger partial charge >= 0.3 is 0 Å². The standard InChI is InChI=1S/C13H15ClN2O/c14-11-5-3-10(9-12(11)15)4-6-13(17)16-7-1-2-8-16/h3-6,9H,1-2,7-8,15H2/b6-4+. The molecule has 3 nitrogen and oxygen atoms in total. The third-order valence-corrected chi connectivity index (χ3v) is 3.20. The van der Waals surface area contributed by atoms with E-state index in [4.69, 9.17) is 17.3 Å². The van der Waals surface area contributed by atoms with Gasteiger partial charge in [0.15, 0.2) is 0 Å². The van der Waals surface area contributed by atoms with Gasteiger partial charge in [-0.05, 0) is 36.6 Å². The predicted molar refractivity (Wildman–Crippen MR) is 70.7 cm³/mol. The molecule has 0 radical (unpaired) electrons. The molecule has 0 spiro atoms. The average molecular weight is 251 g/mol. The minimum atomic E-state index is 0.0658. The molecule has 1 saturated heterocycles. The van der Waals surface area contributed by atoms with E-state index in [9.17, 15) is 4.79 Å². The minimum absolute atomic E-state index is 0.0658. The van der Waals surface area contributed by atoms with Gasteiger partial charge in [-0.2, -0.15) is 0 Å². The fourth-order valence-electron chi connectivity index (χ4n) is 1.88. The van der Waals surface area contributed by atoms with Crippen molar-refractivity contribution < 1.29 is 4.79 Å². The number of nitrogen functional groups attached to an aromatic ring is 1. The van der Waals surface area contributed by atoms with Crippen LogP contribution in [0.3, 0.4) is 0 Å². The minimum Gasteiger partial charge on any atom is -0.398 e. The lowest BCUT2D eigenvalue weighted by molar-refractivity contribution is -0.124. The van der Waals surface area contributed by atoms with Crippen LogP contribution >= 0.6 is 11.6 Å². The third-order valence-electron chi connectivity index (χ3n) is 2.86. The summed E-state index contributed by atoms with van der Waals surface area (Å²) in [6, 6.07) is 5.33. The highest BCUT2D eigenvalue weighted by Gasteiger charge is 2.14. The van der Waals surface area contributed by atoms with Crippen molar-refractivity contribution >= 4 is 29.3 Å². The van der Waals surface area contributed by atoms with Crippen LogP contribution in [0, 0.1) is 0 Å². The Labute approximate surface area is 106 Å². The lowest BCUT2D eigenvalue weighted by atomic mass is 10.2. The van der Waals surface area contributed by atoms with Crippen molar-refractivity contribution in [2.24, 2.45) is 0 Å². The monoisotopic (exact) mass is 250 g/mol. The van der Waals surface area contributed by atoms with Crippen molar-refractivity contribution in [2.75, 3.05) is 18.8 Å². The lowest BCUT2D eigenvalue weighted by Crippen LogP contribution is -2.25. The first-order valence-electron chi connectivity index (χ1n) is 5.69. The number of benzene rings is 1. The Morgan fingerprint density at radius 2 is 2.06 bits per heavy atom. The number of nitrogens with two attached hydrogens (primary N) is 1. The van der Waals surface area contributed by atoms with Gasteiger partial charge in [-0.3, -0.25) is 4.79 Å². The molecule has 17 heavy (non-hydrogen) atoms. The summed E-state index contributed by atoms with van der Waals surface area (Å²) in [5.74, 6) is 0.0658. The molecule has 1 fully saturated rings. The zero-order valence-corrected chi connectivity index (χ0v) is 10.3. The number of amides is 1. The van der Waals surface area contributed by atoms with E-state index in [0.29, 0.717) is 10.7 Å². The number of anilines is 1. The van der Waals surface area contributed by atoms with Crippen LogP contribution in [-0.4, -0.2) is 23.9 Å². The maximum absolute atomic E-state index is 11.8. The molecule has 0 atom stereocenters. The summed E-state index contributed by atoms with van der Waals surface area (Å²) in [7, 11) is 0. The number of carbonyl (C=O) groups is 1. The van der Waals surface area contributed by atoms with Crippen LogP contribution in [0.5, 0.6) is 0 Å². The van der Waals surface area contributed by atoms with E-state index in [1.807, 2.05) is 11.0 Å². The first-order valence-corrected chi connectivity index (χ1v) is 6.06. The fourth-order valence-corrected chi connectivity index (χ4v) is 1.99. The van der Waals surface area contributed by atoms with Gasteiger partial charge in [-0.15, -0.1) is 0 Å². The highest BCUT2D eigenvalue weighted by molar-refractivity contribution is 6.33. The van der Waals surface area contributed by atoms with Crippen LogP contribution < -0.4 is 5.73 Å². The number of halogens is 1. The highest BCUT2D eigenvalue weighted by Crippen LogP contribution is 2.20. The van der Waals surface area contributed by atoms with Crippen LogP contribution in [0.2, 0.25) is 5.02 Å². The van der Waals surface area contributed by atoms with Crippen molar-refractivity contribution in [3.8, 4) is 0 Å². The van der Waals surface area contributed by atoms with Crippen LogP contribution in [0.25, 0.3) is 6.08 Å². The maximum Gasteiger partial charge on any atom is 0.246 e. The second-order valence-electron chi connectivity index (χ2n) is 4.15. The van der Waals surface area contributed by atoms with E-state index in [1.54, 1.807) is 24.3 Å². The smallest absolute Gasteiger partial charge is 0.246 e. The van der Waals surface area contributed by atoms with Gasteiger partial charge in [0.05, 0.1) is 10.7 Å². The Bertz CT molecular complexity index is 451. The largest absolute Gasteiger partial charge is 0.398 e. The number of hydrogen-bond donors (Lipinski definition) is 1. The molecule has 1 aromatic carbocycles. The molecule has 1 amide bonds. The van der Waals surface area contributed by atoms with E-state index in [1.165, 1.54) is 0 Å². The summed E-state index contributed by atoms with van der Waals surface area (Å²) in [6.07, 6.45) is 5.57. The molecule has 2 N–H and O–H groups in total. The van der Waals surface area contributed by atoms with Crippen LogP contribution in [0.15, 0.2) is 24.3 Å². The highest BCUT2D eigenvalue weighted by atomic mass is 35.5. The maximum atomic E-state index is 11.8. The average Bonchev–Trinajstić information content (AvgIpc) is 2.84. The molecule has 1 heterocycles. The van der Waals surface area contributed by atoms with E-state index < -0.39 is 0 Å². The first-order chi connectivity index (χ1) is 8.16. The Hall–Kier alpha value is -1.48. The predicted octanol–water partition coefficient (Wildman–Crippen LogP) is 2.56. The van der Waals surface area contributed by atoms with Gasteiger partial charge in [0.2, 0.25) is 5.91 Å². The Kier molecular flexibility index (Phi) is 3.69. The molecule has 0 saturated carbocycles. The van der Waals surface area contributed by atoms with Gasteiger partial charge < -0.3 is 10.6 Å². The van der Waals surface area contributed by atoms with Gasteiger partial charge in [0.1, 0.15) is 0 Å². The molecule has 1 aliphatic rings. The number of likely N-dealkylation sites (tertiary alicyclic amines) is 1. The topological polar surface area (TPSA) is 46.3 Å². The van der Waals surface area contributed by atoms with Gasteiger partial charge in [0, 0.05) is 19.2 Å². The number of rotatable bonds is 2. The second kappa shape index (κ2) is 5.23. The third kappa shape index (κ3) is 3.01. The van der Waals surface area contributed by atoms with Crippen molar-refractivity contribution in [2.45, 2.75) is 12.8 Å². The summed E-state index contributed by atoms with van der Waals surface area (Å²) in [5, 5.41) is 0.535. The van der Waals surface area contributed by atoms with E-state index in [0.717, 1.165) is 31.5 Å². The Balaban J connectivity index is 2.04. The van der Waals surface area contributed by atoms with Crippen LogP contribution in [0.4, 0.5) is 5.69 Å². The quantitative estimate of drug-likeness (QED) is 0.648. The molecule has 2 rings (SSSR count). The van der Waals surface area contributed by atoms with Crippen molar-refractivity contribution in [3.05, 3.63) is 34.9 Å². The molecular formula is C13H15ClN2O. The zero-order valence-electron chi connectivity index (χ0n) is 9.53. The van der Waals surface area contributed by atoms with Gasteiger partial charge in [0.25, 0.3) is 0 Å². The summed E-state index contributed by atoms with van der Waals surface area (Å²) in [6.45, 7) is 1.73. The molecular weight excluding hydrogens is 236 g/mol. The van der Waals surface area contributed by atoms with Crippen molar-refractivity contribution in [1.29, 1.82) is 0 Å². The Morgan fingerprint density at radius 3 is 2.71 bits per heavy atom. The molecule has 1 aliphatic heterocycles. The molecule has 0 unspecified atom stereocenters. The normalized spacial score (nSPS) is 15.7. The fraction of sp³-hybridized carbons (Fsp3) is 0.308. The van der Waals surface area contributed by atoms with Gasteiger partial charge in [-0.1, -0.05) is 17.7 Å². The van der Waals surface area contributed by atoms with Crippen molar-refractivity contribution in [3.63, 3.8) is 0 Å². The summed E-state index contributed by atoms with van der Waals surface area (Å²) < 4.78 is 0. The van der Waals surface area contributed by atoms with E-state index in [2.05, 4.69) is 0 Å². The molecule has 90 valence electrons. The Morgan fingerprint density at radius 1 is 1.35 bits per heavy atom. The SMILES string of the molecule is Nc1cc(/C=C/C(=O)N2CCCC2)ccc1Cl. The molecule has 0 bridgehead atoms. The van der Waals surface area contributed by atoms with Gasteiger partial charge in [-0.25, -0.2) is 0 Å². The van der Waals surface area contributed by atoms with E-state index in [-0.39, 0.29) is 5.91 Å². The summed E-state index contributed by atoms with van der Waals surface area (Å²) in [4.78, 5) is 13.6. The number of nitrogens with zero attached hydrogens (tertiary/aromatic N) is 1. The number of carbonyl (C=O) groups excluding carboxylic acids is 1.